The van der Waals surface area contributed by atoms with Crippen LogP contribution in [-0.4, -0.2) is 82.2 Å². The molecule has 1 aliphatic carbocycles. The first-order valence-corrected chi connectivity index (χ1v) is 10.6. The Morgan fingerprint density at radius 2 is 1.36 bits per heavy atom. The maximum Gasteiger partial charge on any atom is 0.414 e. The van der Waals surface area contributed by atoms with Crippen molar-refractivity contribution >= 4 is 17.8 Å². The lowest BCUT2D eigenvalue weighted by Gasteiger charge is -2.41. The number of nitrogens with zero attached hydrogens (tertiary/aromatic N) is 2. The Balaban J connectivity index is 0.000000409. The van der Waals surface area contributed by atoms with Crippen LogP contribution in [0, 0.1) is 0 Å². The first kappa shape index (κ1) is 22.6. The molecule has 3 N–H and O–H groups in total. The molecule has 0 aromatic rings. The largest absolute Gasteiger partial charge is 0.473 e. The fourth-order valence-corrected chi connectivity index (χ4v) is 4.48. The quantitative estimate of drug-likeness (QED) is 0.617. The number of carboxylic acid groups (broad SMARTS) is 2. The minimum Gasteiger partial charge on any atom is -0.473 e. The molecule has 2 heterocycles. The van der Waals surface area contributed by atoms with Gasteiger partial charge < -0.3 is 20.4 Å². The van der Waals surface area contributed by atoms with Crippen molar-refractivity contribution in [1.29, 1.82) is 0 Å². The van der Waals surface area contributed by atoms with Crippen molar-refractivity contribution in [3.8, 4) is 0 Å². The standard InChI is InChI=1S/C18H33N3O.C2H2O4/c1-15(18(22)19-16-7-3-4-8-16)20-13-9-17(10-14-20)21-11-5-2-6-12-21;3-1(4)2(5)6/h15-17H,2-14H2,1H3,(H,19,22);(H,3,4)(H,5,6). The van der Waals surface area contributed by atoms with Crippen LogP contribution >= 0.6 is 0 Å². The Hall–Kier alpha value is -1.67. The highest BCUT2D eigenvalue weighted by atomic mass is 16.4. The highest BCUT2D eigenvalue weighted by Gasteiger charge is 2.30. The predicted molar refractivity (Wildman–Crippen MR) is 105 cm³/mol. The van der Waals surface area contributed by atoms with Crippen molar-refractivity contribution in [2.75, 3.05) is 26.2 Å². The minimum atomic E-state index is -1.82. The van der Waals surface area contributed by atoms with Gasteiger partial charge in [-0.05, 0) is 58.5 Å². The topological polar surface area (TPSA) is 110 Å². The third kappa shape index (κ3) is 7.05. The molecule has 0 bridgehead atoms. The zero-order chi connectivity index (χ0) is 20.5. The van der Waals surface area contributed by atoms with Crippen molar-refractivity contribution in [2.45, 2.75) is 82.8 Å². The first-order valence-electron chi connectivity index (χ1n) is 10.6. The number of hydrogen-bond donors (Lipinski definition) is 3. The number of hydrogen-bond acceptors (Lipinski definition) is 5. The molecule has 8 heteroatoms. The van der Waals surface area contributed by atoms with Gasteiger partial charge in [0.1, 0.15) is 0 Å². The van der Waals surface area contributed by atoms with E-state index in [1.54, 1.807) is 0 Å². The van der Waals surface area contributed by atoms with Crippen molar-refractivity contribution in [2.24, 2.45) is 0 Å². The number of aliphatic carboxylic acids is 2. The lowest BCUT2D eigenvalue weighted by molar-refractivity contribution is -0.159. The van der Waals surface area contributed by atoms with Gasteiger partial charge in [0.05, 0.1) is 6.04 Å². The van der Waals surface area contributed by atoms with Gasteiger partial charge in [0, 0.05) is 25.2 Å². The second-order valence-electron chi connectivity index (χ2n) is 8.14. The number of nitrogens with one attached hydrogen (secondary N) is 1. The molecule has 1 unspecified atom stereocenters. The third-order valence-corrected chi connectivity index (χ3v) is 6.22. The first-order chi connectivity index (χ1) is 13.4. The molecule has 0 aromatic heterocycles. The molecule has 28 heavy (non-hydrogen) atoms. The Kier molecular flexibility index (Phi) is 9.18. The van der Waals surface area contributed by atoms with E-state index >= 15 is 0 Å². The van der Waals surface area contributed by atoms with E-state index in [-0.39, 0.29) is 11.9 Å². The molecule has 0 radical (unpaired) electrons. The zero-order valence-corrected chi connectivity index (χ0v) is 16.9. The van der Waals surface area contributed by atoms with Gasteiger partial charge in [-0.15, -0.1) is 0 Å². The monoisotopic (exact) mass is 397 g/mol. The summed E-state index contributed by atoms with van der Waals surface area (Å²) in [6.45, 7) is 6.84. The molecule has 0 spiro atoms. The summed E-state index contributed by atoms with van der Waals surface area (Å²) in [5.41, 5.74) is 0. The lowest BCUT2D eigenvalue weighted by atomic mass is 9.99. The molecule has 0 aromatic carbocycles. The summed E-state index contributed by atoms with van der Waals surface area (Å²) in [6, 6.07) is 1.25. The van der Waals surface area contributed by atoms with Gasteiger partial charge in [-0.3, -0.25) is 9.69 Å². The Morgan fingerprint density at radius 3 is 1.86 bits per heavy atom. The third-order valence-electron chi connectivity index (χ3n) is 6.22. The van der Waals surface area contributed by atoms with Crippen molar-refractivity contribution in [1.82, 2.24) is 15.1 Å². The molecule has 3 rings (SSSR count). The molecular formula is C20H35N3O5. The normalized spacial score (nSPS) is 23.5. The molecule has 3 aliphatic rings. The van der Waals surface area contributed by atoms with Crippen LogP contribution < -0.4 is 5.32 Å². The van der Waals surface area contributed by atoms with Crippen LogP contribution in [0.4, 0.5) is 0 Å². The van der Waals surface area contributed by atoms with Gasteiger partial charge in [-0.2, -0.15) is 0 Å². The molecule has 2 aliphatic heterocycles. The molecule has 2 saturated heterocycles. The van der Waals surface area contributed by atoms with Crippen LogP contribution in [0.1, 0.15) is 64.7 Å². The Labute approximate surface area is 167 Å². The lowest BCUT2D eigenvalue weighted by Crippen LogP contribution is -2.53. The van der Waals surface area contributed by atoms with Gasteiger partial charge >= 0.3 is 11.9 Å². The molecule has 160 valence electrons. The average Bonchev–Trinajstić information content (AvgIpc) is 3.21. The average molecular weight is 398 g/mol. The summed E-state index contributed by atoms with van der Waals surface area (Å²) in [4.78, 5) is 35.7. The number of piperidine rings is 2. The summed E-state index contributed by atoms with van der Waals surface area (Å²) in [6.07, 6.45) is 11.5. The van der Waals surface area contributed by atoms with Crippen molar-refractivity contribution < 1.29 is 24.6 Å². The number of carbonyl (C=O) groups is 3. The van der Waals surface area contributed by atoms with E-state index in [0.717, 1.165) is 19.1 Å². The fourth-order valence-electron chi connectivity index (χ4n) is 4.48. The molecular weight excluding hydrogens is 362 g/mol. The number of rotatable bonds is 4. The Morgan fingerprint density at radius 1 is 0.821 bits per heavy atom. The summed E-state index contributed by atoms with van der Waals surface area (Å²) in [5.74, 6) is -3.40. The second kappa shape index (κ2) is 11.4. The summed E-state index contributed by atoms with van der Waals surface area (Å²) >= 11 is 0. The number of likely N-dealkylation sites (tertiary alicyclic amines) is 2. The number of amides is 1. The Bertz CT molecular complexity index is 510. The van der Waals surface area contributed by atoms with Crippen LogP contribution in [0.3, 0.4) is 0 Å². The van der Waals surface area contributed by atoms with Crippen LogP contribution in [0.5, 0.6) is 0 Å². The van der Waals surface area contributed by atoms with Crippen LogP contribution in [0.25, 0.3) is 0 Å². The van der Waals surface area contributed by atoms with E-state index in [9.17, 15) is 4.79 Å². The van der Waals surface area contributed by atoms with E-state index in [1.165, 1.54) is 70.9 Å². The fraction of sp³-hybridized carbons (Fsp3) is 0.850. The van der Waals surface area contributed by atoms with Crippen molar-refractivity contribution in [3.63, 3.8) is 0 Å². The van der Waals surface area contributed by atoms with Gasteiger partial charge in [0.25, 0.3) is 0 Å². The van der Waals surface area contributed by atoms with E-state index in [1.807, 2.05) is 0 Å². The molecule has 1 saturated carbocycles. The maximum atomic E-state index is 12.4. The minimum absolute atomic E-state index is 0.0444. The van der Waals surface area contributed by atoms with Crippen LogP contribution in [0.15, 0.2) is 0 Å². The summed E-state index contributed by atoms with van der Waals surface area (Å²) in [5, 5.41) is 18.0. The van der Waals surface area contributed by atoms with Gasteiger partial charge in [-0.25, -0.2) is 9.59 Å². The van der Waals surface area contributed by atoms with Gasteiger partial charge in [0.2, 0.25) is 5.91 Å². The van der Waals surface area contributed by atoms with E-state index in [4.69, 9.17) is 19.8 Å². The zero-order valence-electron chi connectivity index (χ0n) is 16.9. The van der Waals surface area contributed by atoms with Crippen LogP contribution in [-0.2, 0) is 14.4 Å². The van der Waals surface area contributed by atoms with Gasteiger partial charge in [0.15, 0.2) is 0 Å². The van der Waals surface area contributed by atoms with E-state index < -0.39 is 11.9 Å². The van der Waals surface area contributed by atoms with Gasteiger partial charge in [-0.1, -0.05) is 19.3 Å². The second-order valence-corrected chi connectivity index (χ2v) is 8.14. The molecule has 8 nitrogen and oxygen atoms in total. The van der Waals surface area contributed by atoms with E-state index in [0.29, 0.717) is 6.04 Å². The summed E-state index contributed by atoms with van der Waals surface area (Å²) < 4.78 is 0. The highest BCUT2D eigenvalue weighted by Crippen LogP contribution is 2.22. The predicted octanol–water partition coefficient (Wildman–Crippen LogP) is 1.54. The SMILES string of the molecule is CC(C(=O)NC1CCCC1)N1CCC(N2CCCCC2)CC1.O=C(O)C(=O)O. The molecule has 1 amide bonds. The highest BCUT2D eigenvalue weighted by molar-refractivity contribution is 6.27. The number of carbonyl (C=O) groups excluding carboxylic acids is 1. The van der Waals surface area contributed by atoms with Crippen LogP contribution in [0.2, 0.25) is 0 Å². The summed E-state index contributed by atoms with van der Waals surface area (Å²) in [7, 11) is 0. The molecule has 3 fully saturated rings. The maximum absolute atomic E-state index is 12.4. The van der Waals surface area contributed by atoms with Crippen molar-refractivity contribution in [3.05, 3.63) is 0 Å². The smallest absolute Gasteiger partial charge is 0.414 e. The number of carboxylic acids is 2. The molecule has 1 atom stereocenters. The van der Waals surface area contributed by atoms with E-state index in [2.05, 4.69) is 22.0 Å².